The summed E-state index contributed by atoms with van der Waals surface area (Å²) in [5, 5.41) is 6.39. The fourth-order valence-electron chi connectivity index (χ4n) is 7.17. The van der Waals surface area contributed by atoms with Crippen LogP contribution in [0, 0.1) is 34.9 Å². The Morgan fingerprint density at radius 3 is 2.46 bits per heavy atom. The van der Waals surface area contributed by atoms with Crippen LogP contribution in [0.2, 0.25) is 0 Å². The summed E-state index contributed by atoms with van der Waals surface area (Å²) in [6.07, 6.45) is 10.3. The predicted octanol–water partition coefficient (Wildman–Crippen LogP) is 5.26. The maximum Gasteiger partial charge on any atom is 0.255 e. The predicted molar refractivity (Wildman–Crippen MR) is 146 cm³/mol. The van der Waals surface area contributed by atoms with Crippen LogP contribution in [0.5, 0.6) is 11.5 Å². The molecule has 2 amide bonds. The summed E-state index contributed by atoms with van der Waals surface area (Å²) in [7, 11) is 1.56. The number of halogens is 1. The lowest BCUT2D eigenvalue weighted by Crippen LogP contribution is -2.51. The van der Waals surface area contributed by atoms with Gasteiger partial charge in [0.05, 0.1) is 24.2 Å². The van der Waals surface area contributed by atoms with Crippen molar-refractivity contribution in [2.45, 2.75) is 90.2 Å². The lowest BCUT2D eigenvalue weighted by molar-refractivity contribution is -0.128. The highest BCUT2D eigenvalue weighted by Crippen LogP contribution is 2.49. The van der Waals surface area contributed by atoms with Gasteiger partial charge < -0.3 is 24.8 Å². The van der Waals surface area contributed by atoms with Crippen LogP contribution in [-0.2, 0) is 9.53 Å². The van der Waals surface area contributed by atoms with Crippen molar-refractivity contribution in [2.75, 3.05) is 26.9 Å². The van der Waals surface area contributed by atoms with E-state index in [4.69, 9.17) is 14.2 Å². The molecule has 0 radical (unpaired) electrons. The molecule has 0 aromatic heterocycles. The summed E-state index contributed by atoms with van der Waals surface area (Å²) < 4.78 is 32.0. The molecule has 1 aromatic carbocycles. The molecule has 4 fully saturated rings. The number of fused-ring (bicyclic) bond motifs is 2. The van der Waals surface area contributed by atoms with Gasteiger partial charge in [0, 0.05) is 25.8 Å². The first-order valence-electron chi connectivity index (χ1n) is 15.0. The van der Waals surface area contributed by atoms with E-state index in [9.17, 15) is 9.59 Å². The Balaban J connectivity index is 1.32. The molecule has 8 heteroatoms. The van der Waals surface area contributed by atoms with E-state index in [0.29, 0.717) is 19.1 Å². The van der Waals surface area contributed by atoms with Gasteiger partial charge in [-0.15, -0.1) is 0 Å². The Morgan fingerprint density at radius 1 is 1.03 bits per heavy atom. The Morgan fingerprint density at radius 2 is 1.77 bits per heavy atom. The maximum atomic E-state index is 15.1. The highest BCUT2D eigenvalue weighted by molar-refractivity contribution is 5.98. The van der Waals surface area contributed by atoms with Crippen molar-refractivity contribution in [3.05, 3.63) is 23.5 Å². The van der Waals surface area contributed by atoms with Crippen molar-refractivity contribution < 1.29 is 28.2 Å². The van der Waals surface area contributed by atoms with E-state index in [2.05, 4.69) is 24.5 Å². The quantitative estimate of drug-likeness (QED) is 0.371. The molecule has 5 rings (SSSR count). The zero-order valence-electron chi connectivity index (χ0n) is 23.7. The van der Waals surface area contributed by atoms with Crippen molar-refractivity contribution in [3.63, 3.8) is 0 Å². The summed E-state index contributed by atoms with van der Waals surface area (Å²) in [4.78, 5) is 27.1. The normalized spacial score (nSPS) is 30.9. The Hall–Kier alpha value is -2.35. The Bertz CT molecular complexity index is 1040. The zero-order chi connectivity index (χ0) is 27.6. The van der Waals surface area contributed by atoms with Gasteiger partial charge in [0.1, 0.15) is 12.4 Å². The highest BCUT2D eigenvalue weighted by Gasteiger charge is 2.51. The van der Waals surface area contributed by atoms with E-state index in [1.807, 2.05) is 0 Å². The molecule has 4 saturated carbocycles. The molecule has 7 nitrogen and oxygen atoms in total. The molecule has 2 N–H and O–H groups in total. The van der Waals surface area contributed by atoms with Crippen LogP contribution >= 0.6 is 0 Å². The molecule has 0 unspecified atom stereocenters. The second kappa shape index (κ2) is 12.0. The maximum absolute atomic E-state index is 15.1. The summed E-state index contributed by atoms with van der Waals surface area (Å²) in [6, 6.07) is 2.48. The number of hydrogen-bond acceptors (Lipinski definition) is 5. The van der Waals surface area contributed by atoms with Crippen LogP contribution in [0.25, 0.3) is 0 Å². The SMILES string of the molecule is COCCOc1cc(F)c(O[C@H]2CC[C@H](C)CC2)cc1C(=O)N[C@@H]1[C@H]2CC[C@H](C2)[C@@H]1C(=O)NCC1(C)CCC1. The number of carbonyl (C=O) groups excluding carboxylic acids is 2. The van der Waals surface area contributed by atoms with Crippen molar-refractivity contribution in [3.8, 4) is 11.5 Å². The van der Waals surface area contributed by atoms with E-state index < -0.39 is 5.82 Å². The van der Waals surface area contributed by atoms with Crippen molar-refractivity contribution in [1.29, 1.82) is 0 Å². The lowest BCUT2D eigenvalue weighted by Gasteiger charge is -2.39. The average Bonchev–Trinajstić information content (AvgIpc) is 3.51. The number of benzene rings is 1. The van der Waals surface area contributed by atoms with E-state index in [1.54, 1.807) is 7.11 Å². The number of carbonyl (C=O) groups is 2. The average molecular weight is 545 g/mol. The molecule has 4 aliphatic rings. The van der Waals surface area contributed by atoms with E-state index in [-0.39, 0.29) is 70.8 Å². The monoisotopic (exact) mass is 544 g/mol. The minimum atomic E-state index is -0.542. The topological polar surface area (TPSA) is 85.9 Å². The Labute approximate surface area is 231 Å². The van der Waals surface area contributed by atoms with Crippen LogP contribution in [-0.4, -0.2) is 50.8 Å². The fraction of sp³-hybridized carbons (Fsp3) is 0.742. The standard InChI is InChI=1S/C31H45FN2O5/c1-19-5-9-22(10-6-19)39-26-16-23(25(17-24(26)32)38-14-13-37-3)29(35)34-28-21-8-7-20(15-21)27(28)30(36)33-18-31(2)11-4-12-31/h16-17,19-22,27-28H,4-15,18H2,1-3H3,(H,33,36)(H,34,35)/t19-,20-,21+,22-,27+,28-/m1/s1. The highest BCUT2D eigenvalue weighted by atomic mass is 19.1. The third kappa shape index (κ3) is 6.36. The molecule has 2 bridgehead atoms. The second-order valence-electron chi connectivity index (χ2n) is 12.9. The van der Waals surface area contributed by atoms with Gasteiger partial charge in [-0.05, 0) is 87.0 Å². The molecule has 4 aliphatic carbocycles. The van der Waals surface area contributed by atoms with E-state index >= 15 is 4.39 Å². The van der Waals surface area contributed by atoms with Gasteiger partial charge in [0.15, 0.2) is 11.6 Å². The third-order valence-corrected chi connectivity index (χ3v) is 9.85. The van der Waals surface area contributed by atoms with Gasteiger partial charge >= 0.3 is 0 Å². The van der Waals surface area contributed by atoms with E-state index in [0.717, 1.165) is 57.8 Å². The summed E-state index contributed by atoms with van der Waals surface area (Å²) in [5.41, 5.74) is 0.428. The van der Waals surface area contributed by atoms with Crippen molar-refractivity contribution in [2.24, 2.45) is 29.1 Å². The lowest BCUT2D eigenvalue weighted by atomic mass is 9.70. The molecular formula is C31H45FN2O5. The molecule has 4 atom stereocenters. The van der Waals surface area contributed by atoms with Gasteiger partial charge in [-0.25, -0.2) is 4.39 Å². The number of nitrogens with one attached hydrogen (secondary N) is 2. The van der Waals surface area contributed by atoms with Gasteiger partial charge in [0.2, 0.25) is 5.91 Å². The first kappa shape index (κ1) is 28.2. The first-order valence-corrected chi connectivity index (χ1v) is 15.0. The fourth-order valence-corrected chi connectivity index (χ4v) is 7.17. The molecule has 0 saturated heterocycles. The second-order valence-corrected chi connectivity index (χ2v) is 12.9. The van der Waals surface area contributed by atoms with Crippen LogP contribution in [0.15, 0.2) is 12.1 Å². The molecule has 216 valence electrons. The summed E-state index contributed by atoms with van der Waals surface area (Å²) in [6.45, 7) is 5.65. The minimum Gasteiger partial charge on any atom is -0.490 e. The number of hydrogen-bond donors (Lipinski definition) is 2. The van der Waals surface area contributed by atoms with Gasteiger partial charge in [0.25, 0.3) is 5.91 Å². The first-order chi connectivity index (χ1) is 18.8. The number of amides is 2. The molecule has 0 heterocycles. The molecule has 0 aliphatic heterocycles. The number of methoxy groups -OCH3 is 1. The molecule has 39 heavy (non-hydrogen) atoms. The summed E-state index contributed by atoms with van der Waals surface area (Å²) in [5.74, 6) is 0.353. The van der Waals surface area contributed by atoms with Crippen LogP contribution < -0.4 is 20.1 Å². The van der Waals surface area contributed by atoms with Crippen LogP contribution in [0.1, 0.15) is 88.4 Å². The smallest absolute Gasteiger partial charge is 0.255 e. The van der Waals surface area contributed by atoms with Crippen LogP contribution in [0.4, 0.5) is 4.39 Å². The largest absolute Gasteiger partial charge is 0.490 e. The van der Waals surface area contributed by atoms with Crippen molar-refractivity contribution in [1.82, 2.24) is 10.6 Å². The van der Waals surface area contributed by atoms with Gasteiger partial charge in [-0.1, -0.05) is 20.3 Å². The molecular weight excluding hydrogens is 499 g/mol. The van der Waals surface area contributed by atoms with Crippen molar-refractivity contribution >= 4 is 11.8 Å². The Kier molecular flexibility index (Phi) is 8.69. The molecule has 1 aromatic rings. The van der Waals surface area contributed by atoms with Gasteiger partial charge in [-0.3, -0.25) is 9.59 Å². The molecule has 0 spiro atoms. The van der Waals surface area contributed by atoms with E-state index in [1.165, 1.54) is 18.6 Å². The third-order valence-electron chi connectivity index (χ3n) is 9.85. The number of ether oxygens (including phenoxy) is 3. The van der Waals surface area contributed by atoms with Crippen LogP contribution in [0.3, 0.4) is 0 Å². The number of rotatable bonds is 11. The summed E-state index contributed by atoms with van der Waals surface area (Å²) >= 11 is 0. The van der Waals surface area contributed by atoms with Gasteiger partial charge in [-0.2, -0.15) is 0 Å². The minimum absolute atomic E-state index is 0.0480. The zero-order valence-corrected chi connectivity index (χ0v) is 23.7.